The molecular weight excluding hydrogens is 233 g/mol. The Morgan fingerprint density at radius 1 is 1.41 bits per heavy atom. The van der Waals surface area contributed by atoms with Gasteiger partial charge in [0.1, 0.15) is 0 Å². The molecule has 1 fully saturated rings. The van der Waals surface area contributed by atoms with Crippen molar-refractivity contribution < 1.29 is 17.9 Å². The van der Waals surface area contributed by atoms with E-state index in [0.29, 0.717) is 18.8 Å². The van der Waals surface area contributed by atoms with Crippen LogP contribution in [0.2, 0.25) is 0 Å². The SMILES string of the molecule is CC1CNC(c2ccc(C(F)(F)F)cn2)CO1. The van der Waals surface area contributed by atoms with Crippen LogP contribution in [0.1, 0.15) is 24.2 Å². The minimum Gasteiger partial charge on any atom is -0.375 e. The summed E-state index contributed by atoms with van der Waals surface area (Å²) in [7, 11) is 0. The Kier molecular flexibility index (Phi) is 3.35. The first-order valence-electron chi connectivity index (χ1n) is 5.35. The van der Waals surface area contributed by atoms with E-state index in [0.717, 1.165) is 12.3 Å². The summed E-state index contributed by atoms with van der Waals surface area (Å²) in [6.45, 7) is 3.04. The van der Waals surface area contributed by atoms with E-state index in [2.05, 4.69) is 10.3 Å². The Bertz CT molecular complexity index is 369. The predicted octanol–water partition coefficient (Wildman–Crippen LogP) is 2.15. The van der Waals surface area contributed by atoms with Crippen LogP contribution in [0.5, 0.6) is 0 Å². The number of nitrogens with one attached hydrogen (secondary N) is 1. The normalized spacial score (nSPS) is 25.9. The Morgan fingerprint density at radius 3 is 2.65 bits per heavy atom. The molecule has 0 radical (unpaired) electrons. The monoisotopic (exact) mass is 246 g/mol. The summed E-state index contributed by atoms with van der Waals surface area (Å²) in [6, 6.07) is 2.30. The highest BCUT2D eigenvalue weighted by Crippen LogP contribution is 2.29. The van der Waals surface area contributed by atoms with Crippen LogP contribution >= 0.6 is 0 Å². The zero-order valence-electron chi connectivity index (χ0n) is 9.29. The maximum absolute atomic E-state index is 12.3. The van der Waals surface area contributed by atoms with Crippen molar-refractivity contribution in [3.05, 3.63) is 29.6 Å². The van der Waals surface area contributed by atoms with E-state index in [4.69, 9.17) is 4.74 Å². The van der Waals surface area contributed by atoms with Crippen molar-refractivity contribution in [1.29, 1.82) is 0 Å². The van der Waals surface area contributed by atoms with Gasteiger partial charge in [-0.05, 0) is 19.1 Å². The molecule has 6 heteroatoms. The number of nitrogens with zero attached hydrogens (tertiary/aromatic N) is 1. The van der Waals surface area contributed by atoms with Crippen molar-refractivity contribution in [2.75, 3.05) is 13.2 Å². The van der Waals surface area contributed by atoms with Gasteiger partial charge in [0.15, 0.2) is 0 Å². The van der Waals surface area contributed by atoms with E-state index in [1.807, 2.05) is 6.92 Å². The van der Waals surface area contributed by atoms with Crippen molar-refractivity contribution in [1.82, 2.24) is 10.3 Å². The number of hydrogen-bond donors (Lipinski definition) is 1. The molecule has 2 rings (SSSR count). The molecule has 1 aliphatic heterocycles. The topological polar surface area (TPSA) is 34.2 Å². The number of alkyl halides is 3. The minimum absolute atomic E-state index is 0.126. The summed E-state index contributed by atoms with van der Waals surface area (Å²) in [5, 5.41) is 3.17. The zero-order valence-corrected chi connectivity index (χ0v) is 9.29. The smallest absolute Gasteiger partial charge is 0.375 e. The largest absolute Gasteiger partial charge is 0.417 e. The second kappa shape index (κ2) is 4.62. The van der Waals surface area contributed by atoms with Crippen LogP contribution in [0.15, 0.2) is 18.3 Å². The third-order valence-corrected chi connectivity index (χ3v) is 2.67. The number of aromatic nitrogens is 1. The lowest BCUT2D eigenvalue weighted by Gasteiger charge is -2.28. The molecule has 1 aliphatic rings. The van der Waals surface area contributed by atoms with Crippen LogP contribution in [0.4, 0.5) is 13.2 Å². The molecule has 0 bridgehead atoms. The summed E-state index contributed by atoms with van der Waals surface area (Å²) < 4.78 is 42.4. The van der Waals surface area contributed by atoms with Gasteiger partial charge in [-0.25, -0.2) is 0 Å². The fourth-order valence-corrected chi connectivity index (χ4v) is 1.66. The van der Waals surface area contributed by atoms with Crippen LogP contribution in [0.25, 0.3) is 0 Å². The Labute approximate surface area is 97.0 Å². The van der Waals surface area contributed by atoms with Gasteiger partial charge < -0.3 is 10.1 Å². The molecule has 0 amide bonds. The van der Waals surface area contributed by atoms with Crippen LogP contribution < -0.4 is 5.32 Å². The molecule has 1 aromatic heterocycles. The molecule has 2 heterocycles. The fraction of sp³-hybridized carbons (Fsp3) is 0.545. The molecule has 0 spiro atoms. The minimum atomic E-state index is -4.34. The second-order valence-corrected chi connectivity index (χ2v) is 4.07. The van der Waals surface area contributed by atoms with E-state index in [1.165, 1.54) is 6.07 Å². The molecule has 0 saturated carbocycles. The van der Waals surface area contributed by atoms with Crippen molar-refractivity contribution in [3.63, 3.8) is 0 Å². The highest BCUT2D eigenvalue weighted by Gasteiger charge is 2.31. The third-order valence-electron chi connectivity index (χ3n) is 2.67. The lowest BCUT2D eigenvalue weighted by molar-refractivity contribution is -0.137. The zero-order chi connectivity index (χ0) is 12.5. The summed E-state index contributed by atoms with van der Waals surface area (Å²) in [5.74, 6) is 0. The van der Waals surface area contributed by atoms with Gasteiger partial charge in [-0.2, -0.15) is 13.2 Å². The van der Waals surface area contributed by atoms with Crippen LogP contribution in [0.3, 0.4) is 0 Å². The first kappa shape index (κ1) is 12.3. The number of morpholine rings is 1. The van der Waals surface area contributed by atoms with Crippen LogP contribution in [0, 0.1) is 0 Å². The standard InChI is InChI=1S/C11H13F3N2O/c1-7-4-15-10(6-17-7)9-3-2-8(5-16-9)11(12,13)14/h2-3,5,7,10,15H,4,6H2,1H3. The lowest BCUT2D eigenvalue weighted by atomic mass is 10.1. The van der Waals surface area contributed by atoms with Gasteiger partial charge in [-0.15, -0.1) is 0 Å². The van der Waals surface area contributed by atoms with Crippen LogP contribution in [-0.2, 0) is 10.9 Å². The molecule has 17 heavy (non-hydrogen) atoms. The highest BCUT2D eigenvalue weighted by atomic mass is 19.4. The van der Waals surface area contributed by atoms with Gasteiger partial charge in [0, 0.05) is 12.7 Å². The van der Waals surface area contributed by atoms with Crippen molar-refractivity contribution in [3.8, 4) is 0 Å². The Hall–Kier alpha value is -1.14. The highest BCUT2D eigenvalue weighted by molar-refractivity contribution is 5.19. The van der Waals surface area contributed by atoms with Crippen molar-refractivity contribution in [2.24, 2.45) is 0 Å². The maximum atomic E-state index is 12.3. The average molecular weight is 246 g/mol. The summed E-state index contributed by atoms with van der Waals surface area (Å²) in [4.78, 5) is 3.83. The summed E-state index contributed by atoms with van der Waals surface area (Å²) in [6.07, 6.45) is -3.35. The van der Waals surface area contributed by atoms with E-state index in [1.54, 1.807) is 0 Å². The molecule has 1 aromatic rings. The van der Waals surface area contributed by atoms with Gasteiger partial charge in [-0.3, -0.25) is 4.98 Å². The third kappa shape index (κ3) is 2.95. The van der Waals surface area contributed by atoms with Gasteiger partial charge >= 0.3 is 6.18 Å². The van der Waals surface area contributed by atoms with Gasteiger partial charge in [0.25, 0.3) is 0 Å². The van der Waals surface area contributed by atoms with Gasteiger partial charge in [-0.1, -0.05) is 0 Å². The summed E-state index contributed by atoms with van der Waals surface area (Å²) >= 11 is 0. The number of hydrogen-bond acceptors (Lipinski definition) is 3. The molecule has 1 saturated heterocycles. The first-order valence-corrected chi connectivity index (χ1v) is 5.35. The number of halogens is 3. The van der Waals surface area contributed by atoms with E-state index >= 15 is 0 Å². The number of rotatable bonds is 1. The van der Waals surface area contributed by atoms with Crippen molar-refractivity contribution >= 4 is 0 Å². The molecule has 3 nitrogen and oxygen atoms in total. The Balaban J connectivity index is 2.08. The number of ether oxygens (including phenoxy) is 1. The molecule has 2 atom stereocenters. The van der Waals surface area contributed by atoms with E-state index in [-0.39, 0.29) is 12.1 Å². The Morgan fingerprint density at radius 2 is 2.18 bits per heavy atom. The van der Waals surface area contributed by atoms with Gasteiger partial charge in [0.2, 0.25) is 0 Å². The molecular formula is C11H13F3N2O. The molecule has 1 N–H and O–H groups in total. The first-order chi connectivity index (χ1) is 7.97. The second-order valence-electron chi connectivity index (χ2n) is 4.07. The molecule has 0 aliphatic carbocycles. The quantitative estimate of drug-likeness (QED) is 0.824. The summed E-state index contributed by atoms with van der Waals surface area (Å²) in [5.41, 5.74) is -0.156. The van der Waals surface area contributed by atoms with Gasteiger partial charge in [0.05, 0.1) is 30.0 Å². The fourth-order valence-electron chi connectivity index (χ4n) is 1.66. The van der Waals surface area contributed by atoms with Crippen LogP contribution in [-0.4, -0.2) is 24.2 Å². The number of pyridine rings is 1. The average Bonchev–Trinajstić information content (AvgIpc) is 2.29. The lowest BCUT2D eigenvalue weighted by Crippen LogP contribution is -2.40. The molecule has 94 valence electrons. The molecule has 2 unspecified atom stereocenters. The van der Waals surface area contributed by atoms with E-state index < -0.39 is 11.7 Å². The van der Waals surface area contributed by atoms with Crippen molar-refractivity contribution in [2.45, 2.75) is 25.2 Å². The predicted molar refractivity (Wildman–Crippen MR) is 55.4 cm³/mol. The maximum Gasteiger partial charge on any atom is 0.417 e. The molecule has 0 aromatic carbocycles. The van der Waals surface area contributed by atoms with E-state index in [9.17, 15) is 13.2 Å².